The van der Waals surface area contributed by atoms with E-state index in [-0.39, 0.29) is 17.7 Å². The van der Waals surface area contributed by atoms with Crippen LogP contribution in [0.25, 0.3) is 0 Å². The number of nitrogens with zero attached hydrogens (tertiary/aromatic N) is 2. The molecule has 3 rings (SSSR count). The summed E-state index contributed by atoms with van der Waals surface area (Å²) < 4.78 is 11.6. The molecule has 1 aliphatic heterocycles. The number of aldehydes is 1. The minimum atomic E-state index is -0.318. The molecular weight excluding hydrogens is 398 g/mol. The number of ether oxygens (including phenoxy) is 2. The van der Waals surface area contributed by atoms with Crippen LogP contribution in [0.1, 0.15) is 35.8 Å². The Labute approximate surface area is 181 Å². The molecule has 0 spiro atoms. The topological polar surface area (TPSA) is 97.8 Å². The minimum absolute atomic E-state index is 0.0810. The number of carbonyl (C=O) groups is 3. The molecule has 0 radical (unpaired) electrons. The summed E-state index contributed by atoms with van der Waals surface area (Å²) in [6, 6.07) is 9.13. The maximum absolute atomic E-state index is 11.4. The molecule has 1 atom stereocenters. The van der Waals surface area contributed by atoms with Crippen LogP contribution in [0.2, 0.25) is 0 Å². The highest BCUT2D eigenvalue weighted by molar-refractivity contribution is 5.76. The lowest BCUT2D eigenvalue weighted by Crippen LogP contribution is -2.43. The molecule has 1 N–H and O–H groups in total. The summed E-state index contributed by atoms with van der Waals surface area (Å²) in [7, 11) is 1.58. The van der Waals surface area contributed by atoms with Gasteiger partial charge in [-0.15, -0.1) is 0 Å². The van der Waals surface area contributed by atoms with Gasteiger partial charge < -0.3 is 24.5 Å². The summed E-state index contributed by atoms with van der Waals surface area (Å²) in [5.74, 6) is 1.29. The van der Waals surface area contributed by atoms with Crippen LogP contribution in [-0.2, 0) is 14.4 Å². The predicted octanol–water partition coefficient (Wildman–Crippen LogP) is 1.90. The smallest absolute Gasteiger partial charge is 0.219 e. The molecule has 8 nitrogen and oxygen atoms in total. The highest BCUT2D eigenvalue weighted by atomic mass is 16.5. The van der Waals surface area contributed by atoms with Crippen molar-refractivity contribution in [2.24, 2.45) is 0 Å². The van der Waals surface area contributed by atoms with E-state index in [1.807, 2.05) is 30.3 Å². The van der Waals surface area contributed by atoms with Crippen molar-refractivity contribution in [3.05, 3.63) is 53.9 Å². The van der Waals surface area contributed by atoms with Gasteiger partial charge in [0.2, 0.25) is 12.3 Å². The predicted molar refractivity (Wildman–Crippen MR) is 114 cm³/mol. The van der Waals surface area contributed by atoms with E-state index in [1.54, 1.807) is 24.3 Å². The van der Waals surface area contributed by atoms with Gasteiger partial charge in [-0.05, 0) is 30.2 Å². The van der Waals surface area contributed by atoms with E-state index in [9.17, 15) is 14.4 Å². The molecule has 1 unspecified atom stereocenters. The third kappa shape index (κ3) is 6.04. The van der Waals surface area contributed by atoms with Crippen molar-refractivity contribution in [3.63, 3.8) is 0 Å². The normalized spacial score (nSPS) is 14.3. The van der Waals surface area contributed by atoms with Crippen LogP contribution in [0, 0.1) is 0 Å². The van der Waals surface area contributed by atoms with E-state index in [1.165, 1.54) is 0 Å². The van der Waals surface area contributed by atoms with Crippen molar-refractivity contribution in [3.8, 4) is 11.5 Å². The van der Waals surface area contributed by atoms with Crippen LogP contribution in [-0.4, -0.2) is 61.8 Å². The van der Waals surface area contributed by atoms with Gasteiger partial charge in [0.15, 0.2) is 0 Å². The van der Waals surface area contributed by atoms with Crippen molar-refractivity contribution < 1.29 is 23.9 Å². The molecule has 1 aromatic carbocycles. The van der Waals surface area contributed by atoms with Crippen molar-refractivity contribution in [1.29, 1.82) is 0 Å². The zero-order chi connectivity index (χ0) is 22.1. The first-order chi connectivity index (χ1) is 15.1. The number of likely N-dealkylation sites (tertiary alicyclic amines) is 1. The highest BCUT2D eigenvalue weighted by Gasteiger charge is 2.29. The molecule has 1 fully saturated rings. The monoisotopic (exact) mass is 425 g/mol. The van der Waals surface area contributed by atoms with Gasteiger partial charge in [0, 0.05) is 56.4 Å². The van der Waals surface area contributed by atoms with Crippen molar-refractivity contribution >= 4 is 18.6 Å². The molecule has 31 heavy (non-hydrogen) atoms. The van der Waals surface area contributed by atoms with Gasteiger partial charge in [-0.3, -0.25) is 14.6 Å². The maximum atomic E-state index is 11.4. The maximum Gasteiger partial charge on any atom is 0.219 e. The van der Waals surface area contributed by atoms with Crippen LogP contribution in [0.5, 0.6) is 11.5 Å². The van der Waals surface area contributed by atoms with E-state index >= 15 is 0 Å². The Morgan fingerprint density at radius 3 is 2.61 bits per heavy atom. The van der Waals surface area contributed by atoms with Gasteiger partial charge >= 0.3 is 0 Å². The summed E-state index contributed by atoms with van der Waals surface area (Å²) in [4.78, 5) is 39.4. The summed E-state index contributed by atoms with van der Waals surface area (Å²) in [6.07, 6.45) is 5.97. The van der Waals surface area contributed by atoms with Gasteiger partial charge in [0.25, 0.3) is 0 Å². The Kier molecular flexibility index (Phi) is 7.98. The number of rotatable bonds is 12. The molecule has 1 saturated heterocycles. The number of nitrogens with one attached hydrogen (secondary N) is 1. The Morgan fingerprint density at radius 2 is 1.94 bits per heavy atom. The first-order valence-corrected chi connectivity index (χ1v) is 10.3. The van der Waals surface area contributed by atoms with Crippen molar-refractivity contribution in [2.75, 3.05) is 33.4 Å². The van der Waals surface area contributed by atoms with Gasteiger partial charge in [0.05, 0.1) is 0 Å². The number of benzene rings is 1. The second kappa shape index (κ2) is 11.1. The van der Waals surface area contributed by atoms with Crippen LogP contribution in [0.15, 0.2) is 42.7 Å². The SMILES string of the molecule is CNC(=O)CCC(C=O)c1ccc(OCCOc2ccncc2C2CN(C=O)C2)cc1. The summed E-state index contributed by atoms with van der Waals surface area (Å²) in [5, 5.41) is 2.56. The highest BCUT2D eigenvalue weighted by Crippen LogP contribution is 2.32. The number of carbonyl (C=O) groups excluding carboxylic acids is 3. The summed E-state index contributed by atoms with van der Waals surface area (Å²) in [6.45, 7) is 2.09. The van der Waals surface area contributed by atoms with Crippen LogP contribution in [0.4, 0.5) is 0 Å². The van der Waals surface area contributed by atoms with E-state index in [4.69, 9.17) is 9.47 Å². The first kappa shape index (κ1) is 22.3. The molecule has 8 heteroatoms. The molecule has 0 aliphatic carbocycles. The Bertz CT molecular complexity index is 881. The third-order valence-electron chi connectivity index (χ3n) is 5.35. The van der Waals surface area contributed by atoms with Gasteiger partial charge in [-0.1, -0.05) is 12.1 Å². The molecule has 2 aromatic rings. The number of amides is 2. The van der Waals surface area contributed by atoms with Crippen molar-refractivity contribution in [1.82, 2.24) is 15.2 Å². The Balaban J connectivity index is 1.46. The fourth-order valence-electron chi connectivity index (χ4n) is 3.47. The summed E-state index contributed by atoms with van der Waals surface area (Å²) >= 11 is 0. The fourth-order valence-corrected chi connectivity index (χ4v) is 3.47. The molecule has 1 aromatic heterocycles. The molecule has 2 amide bonds. The molecule has 164 valence electrons. The minimum Gasteiger partial charge on any atom is -0.490 e. The number of hydrogen-bond acceptors (Lipinski definition) is 6. The van der Waals surface area contributed by atoms with Gasteiger partial charge in [-0.2, -0.15) is 0 Å². The molecule has 0 bridgehead atoms. The second-order valence-electron chi connectivity index (χ2n) is 7.39. The average molecular weight is 425 g/mol. The third-order valence-corrected chi connectivity index (χ3v) is 5.35. The van der Waals surface area contributed by atoms with E-state index in [0.717, 1.165) is 29.6 Å². The van der Waals surface area contributed by atoms with Gasteiger partial charge in [0.1, 0.15) is 31.0 Å². The van der Waals surface area contributed by atoms with Crippen LogP contribution in [0.3, 0.4) is 0 Å². The molecule has 2 heterocycles. The average Bonchev–Trinajstić information content (AvgIpc) is 2.78. The van der Waals surface area contributed by atoms with E-state index in [0.29, 0.717) is 44.9 Å². The number of aromatic nitrogens is 1. The zero-order valence-corrected chi connectivity index (χ0v) is 17.5. The second-order valence-corrected chi connectivity index (χ2v) is 7.39. The molecular formula is C23H27N3O5. The quantitative estimate of drug-likeness (QED) is 0.412. The van der Waals surface area contributed by atoms with Crippen LogP contribution < -0.4 is 14.8 Å². The number of pyridine rings is 1. The summed E-state index contributed by atoms with van der Waals surface area (Å²) in [5.41, 5.74) is 1.86. The molecule has 1 aliphatic rings. The lowest BCUT2D eigenvalue weighted by Gasteiger charge is -2.37. The standard InChI is InChI=1S/C23H27N3O5/c1-24-23(29)7-4-18(15-27)17-2-5-20(6-3-17)30-10-11-31-22-8-9-25-12-21(22)19-13-26(14-19)16-28/h2-3,5-6,8-9,12,15-16,18-19H,4,7,10-11,13-14H2,1H3,(H,24,29). The van der Waals surface area contributed by atoms with E-state index in [2.05, 4.69) is 10.3 Å². The Morgan fingerprint density at radius 1 is 1.19 bits per heavy atom. The fraction of sp³-hybridized carbons (Fsp3) is 0.391. The van der Waals surface area contributed by atoms with Crippen molar-refractivity contribution in [2.45, 2.75) is 24.7 Å². The number of hydrogen-bond donors (Lipinski definition) is 1. The van der Waals surface area contributed by atoms with E-state index < -0.39 is 0 Å². The lowest BCUT2D eigenvalue weighted by atomic mass is 9.93. The first-order valence-electron chi connectivity index (χ1n) is 10.3. The van der Waals surface area contributed by atoms with Gasteiger partial charge in [-0.25, -0.2) is 0 Å². The zero-order valence-electron chi connectivity index (χ0n) is 17.5. The Hall–Kier alpha value is -3.42. The van der Waals surface area contributed by atoms with Crippen LogP contribution >= 0.6 is 0 Å². The largest absolute Gasteiger partial charge is 0.490 e. The lowest BCUT2D eigenvalue weighted by molar-refractivity contribution is -0.122. The molecule has 0 saturated carbocycles.